The molecule has 0 aliphatic rings. The van der Waals surface area contributed by atoms with E-state index in [2.05, 4.69) is 17.1 Å². The Kier molecular flexibility index (Phi) is 7.24. The zero-order chi connectivity index (χ0) is 18.8. The standard InChI is InChI=1S/C20H22N2O4/c1-4-11-26-18-10-9-15(12-19(18)25-5-2)14-21-22-20(23)16-7-6-8-17(13-16)24-3/h4,6-10,12-14H,1,5,11H2,2-3H3,(H,22,23)/b21-14-. The lowest BCUT2D eigenvalue weighted by Crippen LogP contribution is -2.17. The molecule has 0 aliphatic heterocycles. The first-order chi connectivity index (χ1) is 12.7. The Morgan fingerprint density at radius 2 is 2.04 bits per heavy atom. The molecule has 0 heterocycles. The Labute approximate surface area is 153 Å². The van der Waals surface area contributed by atoms with Crippen LogP contribution in [0.25, 0.3) is 0 Å². The van der Waals surface area contributed by atoms with Gasteiger partial charge in [0.1, 0.15) is 12.4 Å². The number of carbonyl (C=O) groups excluding carboxylic acids is 1. The first-order valence-corrected chi connectivity index (χ1v) is 8.16. The van der Waals surface area contributed by atoms with Gasteiger partial charge in [-0.1, -0.05) is 18.7 Å². The van der Waals surface area contributed by atoms with E-state index < -0.39 is 0 Å². The summed E-state index contributed by atoms with van der Waals surface area (Å²) in [4.78, 5) is 12.1. The lowest BCUT2D eigenvalue weighted by atomic mass is 10.2. The summed E-state index contributed by atoms with van der Waals surface area (Å²) in [5.41, 5.74) is 3.72. The molecule has 1 N–H and O–H groups in total. The Balaban J connectivity index is 2.05. The predicted molar refractivity (Wildman–Crippen MR) is 101 cm³/mol. The largest absolute Gasteiger partial charge is 0.497 e. The van der Waals surface area contributed by atoms with Crippen LogP contribution in [-0.4, -0.2) is 32.4 Å². The highest BCUT2D eigenvalue weighted by molar-refractivity contribution is 5.95. The van der Waals surface area contributed by atoms with Gasteiger partial charge in [0.05, 0.1) is 19.9 Å². The van der Waals surface area contributed by atoms with Gasteiger partial charge >= 0.3 is 0 Å². The molecule has 0 radical (unpaired) electrons. The molecule has 26 heavy (non-hydrogen) atoms. The van der Waals surface area contributed by atoms with E-state index in [0.717, 1.165) is 5.56 Å². The molecule has 2 aromatic carbocycles. The molecule has 0 saturated heterocycles. The smallest absolute Gasteiger partial charge is 0.271 e. The van der Waals surface area contributed by atoms with Crippen LogP contribution in [0.5, 0.6) is 17.2 Å². The van der Waals surface area contributed by atoms with E-state index in [-0.39, 0.29) is 5.91 Å². The fourth-order valence-electron chi connectivity index (χ4n) is 2.14. The number of ether oxygens (including phenoxy) is 3. The van der Waals surface area contributed by atoms with Crippen LogP contribution in [0.1, 0.15) is 22.8 Å². The molecular formula is C20H22N2O4. The number of carbonyl (C=O) groups is 1. The minimum absolute atomic E-state index is 0.323. The first kappa shape index (κ1) is 19.1. The Morgan fingerprint density at radius 1 is 1.19 bits per heavy atom. The average Bonchev–Trinajstić information content (AvgIpc) is 2.67. The number of hydrazone groups is 1. The van der Waals surface area contributed by atoms with Crippen molar-refractivity contribution < 1.29 is 19.0 Å². The summed E-state index contributed by atoms with van der Waals surface area (Å²) in [6, 6.07) is 12.3. The summed E-state index contributed by atoms with van der Waals surface area (Å²) in [7, 11) is 1.55. The Hall–Kier alpha value is -3.28. The van der Waals surface area contributed by atoms with E-state index in [0.29, 0.717) is 36.0 Å². The van der Waals surface area contributed by atoms with Crippen molar-refractivity contribution in [3.63, 3.8) is 0 Å². The monoisotopic (exact) mass is 354 g/mol. The third-order valence-corrected chi connectivity index (χ3v) is 3.34. The van der Waals surface area contributed by atoms with Crippen LogP contribution in [0.2, 0.25) is 0 Å². The number of methoxy groups -OCH3 is 1. The highest BCUT2D eigenvalue weighted by atomic mass is 16.5. The van der Waals surface area contributed by atoms with E-state index in [1.54, 1.807) is 49.6 Å². The molecule has 0 saturated carbocycles. The van der Waals surface area contributed by atoms with Gasteiger partial charge in [-0.25, -0.2) is 5.43 Å². The number of hydrogen-bond donors (Lipinski definition) is 1. The SMILES string of the molecule is C=CCOc1ccc(/C=N\NC(=O)c2cccc(OC)c2)cc1OCC. The maximum absolute atomic E-state index is 12.1. The van der Waals surface area contributed by atoms with E-state index in [1.165, 1.54) is 6.21 Å². The fraction of sp³-hybridized carbons (Fsp3) is 0.200. The first-order valence-electron chi connectivity index (χ1n) is 8.16. The van der Waals surface area contributed by atoms with Gasteiger partial charge in [0.25, 0.3) is 5.91 Å². The van der Waals surface area contributed by atoms with Crippen molar-refractivity contribution in [3.05, 3.63) is 66.2 Å². The van der Waals surface area contributed by atoms with Gasteiger partial charge in [0.2, 0.25) is 0 Å². The highest BCUT2D eigenvalue weighted by Crippen LogP contribution is 2.28. The summed E-state index contributed by atoms with van der Waals surface area (Å²) in [5.74, 6) is 1.52. The molecule has 2 aromatic rings. The molecule has 2 rings (SSSR count). The highest BCUT2D eigenvalue weighted by Gasteiger charge is 2.07. The number of nitrogens with one attached hydrogen (secondary N) is 1. The zero-order valence-corrected chi connectivity index (χ0v) is 14.9. The maximum atomic E-state index is 12.1. The summed E-state index contributed by atoms with van der Waals surface area (Å²) < 4.78 is 16.2. The van der Waals surface area contributed by atoms with Gasteiger partial charge in [-0.3, -0.25) is 4.79 Å². The summed E-state index contributed by atoms with van der Waals surface area (Å²) in [6.45, 7) is 6.43. The molecule has 0 atom stereocenters. The normalized spacial score (nSPS) is 10.4. The van der Waals surface area contributed by atoms with Crippen LogP contribution >= 0.6 is 0 Å². The molecule has 0 bridgehead atoms. The quantitative estimate of drug-likeness (QED) is 0.426. The van der Waals surface area contributed by atoms with Crippen molar-refractivity contribution in [3.8, 4) is 17.2 Å². The second-order valence-corrected chi connectivity index (χ2v) is 5.17. The van der Waals surface area contributed by atoms with Gasteiger partial charge in [-0.05, 0) is 48.9 Å². The molecule has 0 unspecified atom stereocenters. The van der Waals surface area contributed by atoms with Gasteiger partial charge in [-0.15, -0.1) is 0 Å². The second kappa shape index (κ2) is 9.88. The lowest BCUT2D eigenvalue weighted by molar-refractivity contribution is 0.0955. The molecule has 6 nitrogen and oxygen atoms in total. The third kappa shape index (κ3) is 5.37. The number of hydrogen-bond acceptors (Lipinski definition) is 5. The number of rotatable bonds is 9. The molecule has 0 aliphatic carbocycles. The zero-order valence-electron chi connectivity index (χ0n) is 14.9. The van der Waals surface area contributed by atoms with Crippen molar-refractivity contribution in [2.24, 2.45) is 5.10 Å². The van der Waals surface area contributed by atoms with Gasteiger partial charge < -0.3 is 14.2 Å². The van der Waals surface area contributed by atoms with E-state index in [9.17, 15) is 4.79 Å². The van der Waals surface area contributed by atoms with E-state index in [1.807, 2.05) is 13.0 Å². The van der Waals surface area contributed by atoms with Crippen LogP contribution in [0, 0.1) is 0 Å². The second-order valence-electron chi connectivity index (χ2n) is 5.17. The van der Waals surface area contributed by atoms with Crippen LogP contribution in [0.3, 0.4) is 0 Å². The minimum Gasteiger partial charge on any atom is -0.497 e. The van der Waals surface area contributed by atoms with Crippen LogP contribution < -0.4 is 19.6 Å². The Morgan fingerprint density at radius 3 is 2.77 bits per heavy atom. The topological polar surface area (TPSA) is 69.2 Å². The van der Waals surface area contributed by atoms with Crippen molar-refractivity contribution in [1.29, 1.82) is 0 Å². The van der Waals surface area contributed by atoms with Crippen LogP contribution in [0.15, 0.2) is 60.2 Å². The molecule has 1 amide bonds. The van der Waals surface area contributed by atoms with Crippen molar-refractivity contribution in [2.45, 2.75) is 6.92 Å². The summed E-state index contributed by atoms with van der Waals surface area (Å²) in [6.07, 6.45) is 3.21. The predicted octanol–water partition coefficient (Wildman–Crippen LogP) is 3.42. The fourth-order valence-corrected chi connectivity index (χ4v) is 2.14. The molecule has 136 valence electrons. The third-order valence-electron chi connectivity index (χ3n) is 3.34. The average molecular weight is 354 g/mol. The molecule has 0 aromatic heterocycles. The Bertz CT molecular complexity index is 787. The van der Waals surface area contributed by atoms with Gasteiger partial charge in [-0.2, -0.15) is 5.10 Å². The molecule has 0 spiro atoms. The summed E-state index contributed by atoms with van der Waals surface area (Å²) in [5, 5.41) is 3.99. The number of benzene rings is 2. The molecule has 6 heteroatoms. The van der Waals surface area contributed by atoms with Gasteiger partial charge in [0, 0.05) is 5.56 Å². The lowest BCUT2D eigenvalue weighted by Gasteiger charge is -2.11. The summed E-state index contributed by atoms with van der Waals surface area (Å²) >= 11 is 0. The number of nitrogens with zero attached hydrogens (tertiary/aromatic N) is 1. The van der Waals surface area contributed by atoms with Crippen LogP contribution in [0.4, 0.5) is 0 Å². The van der Waals surface area contributed by atoms with Crippen molar-refractivity contribution in [1.82, 2.24) is 5.43 Å². The van der Waals surface area contributed by atoms with E-state index in [4.69, 9.17) is 14.2 Å². The molecule has 0 fully saturated rings. The van der Waals surface area contributed by atoms with Crippen LogP contribution in [-0.2, 0) is 0 Å². The minimum atomic E-state index is -0.323. The van der Waals surface area contributed by atoms with Crippen molar-refractivity contribution in [2.75, 3.05) is 20.3 Å². The number of amides is 1. The van der Waals surface area contributed by atoms with E-state index >= 15 is 0 Å². The maximum Gasteiger partial charge on any atom is 0.271 e. The van der Waals surface area contributed by atoms with Crippen molar-refractivity contribution >= 4 is 12.1 Å². The molecular weight excluding hydrogens is 332 g/mol. The van der Waals surface area contributed by atoms with Gasteiger partial charge in [0.15, 0.2) is 11.5 Å².